The highest BCUT2D eigenvalue weighted by Gasteiger charge is 2.19. The third-order valence-corrected chi connectivity index (χ3v) is 3.97. The highest BCUT2D eigenvalue weighted by molar-refractivity contribution is 7.10. The number of hydrogen-bond acceptors (Lipinski definition) is 7. The quantitative estimate of drug-likeness (QED) is 0.682. The normalized spacial score (nSPS) is 10.5. The predicted octanol–water partition coefficient (Wildman–Crippen LogP) is 1.74. The maximum Gasteiger partial charge on any atom is 0.360 e. The van der Waals surface area contributed by atoms with E-state index in [0.29, 0.717) is 19.6 Å². The van der Waals surface area contributed by atoms with Crippen LogP contribution in [0.1, 0.15) is 21.3 Å². The first-order chi connectivity index (χ1) is 11.1. The van der Waals surface area contributed by atoms with Crippen LogP contribution in [0, 0.1) is 0 Å². The molecule has 2 aromatic rings. The lowest BCUT2D eigenvalue weighted by Gasteiger charge is -2.20. The molecule has 1 amide bonds. The van der Waals surface area contributed by atoms with Crippen molar-refractivity contribution in [3.63, 3.8) is 0 Å². The van der Waals surface area contributed by atoms with E-state index in [1.807, 2.05) is 17.5 Å². The monoisotopic (exact) mass is 338 g/mol. The van der Waals surface area contributed by atoms with Gasteiger partial charge in [-0.25, -0.2) is 9.78 Å². The minimum absolute atomic E-state index is 0.0534. The van der Waals surface area contributed by atoms with E-state index in [4.69, 9.17) is 9.15 Å². The van der Waals surface area contributed by atoms with Gasteiger partial charge in [-0.1, -0.05) is 6.07 Å². The Morgan fingerprint density at radius 3 is 2.87 bits per heavy atom. The Bertz CT molecular complexity index is 638. The lowest BCUT2D eigenvalue weighted by Crippen LogP contribution is -2.34. The van der Waals surface area contributed by atoms with E-state index in [1.54, 1.807) is 12.0 Å². The molecule has 2 heterocycles. The van der Waals surface area contributed by atoms with Gasteiger partial charge in [0.2, 0.25) is 11.8 Å². The molecule has 0 atom stereocenters. The number of carbonyl (C=O) groups excluding carboxylic acids is 2. The van der Waals surface area contributed by atoms with Crippen molar-refractivity contribution in [1.29, 1.82) is 0 Å². The molecule has 0 aliphatic rings. The molecule has 124 valence electrons. The van der Waals surface area contributed by atoms with E-state index in [-0.39, 0.29) is 24.0 Å². The van der Waals surface area contributed by atoms with Gasteiger partial charge < -0.3 is 18.8 Å². The summed E-state index contributed by atoms with van der Waals surface area (Å²) in [5.74, 6) is -0.350. The third-order valence-electron chi connectivity index (χ3n) is 3.10. The molecule has 0 aliphatic carbocycles. The maximum absolute atomic E-state index is 12.4. The Morgan fingerprint density at radius 1 is 1.39 bits per heavy atom. The molecule has 0 saturated heterocycles. The van der Waals surface area contributed by atoms with Crippen LogP contribution in [0.3, 0.4) is 0 Å². The summed E-state index contributed by atoms with van der Waals surface area (Å²) >= 11 is 1.53. The average molecular weight is 338 g/mol. The standard InChI is InChI=1S/C15H18N2O5S/c1-20-6-5-17(14(18)8-11-4-3-7-23-11)9-13-16-12(10-22-13)15(19)21-2/h3-4,7,10H,5-6,8-9H2,1-2H3. The minimum atomic E-state index is -0.576. The van der Waals surface area contributed by atoms with E-state index < -0.39 is 5.97 Å². The summed E-state index contributed by atoms with van der Waals surface area (Å²) in [7, 11) is 2.84. The third kappa shape index (κ3) is 4.90. The number of ether oxygens (including phenoxy) is 2. The summed E-state index contributed by atoms with van der Waals surface area (Å²) in [5, 5.41) is 1.93. The number of esters is 1. The van der Waals surface area contributed by atoms with Crippen molar-refractivity contribution in [2.45, 2.75) is 13.0 Å². The number of nitrogens with zero attached hydrogens (tertiary/aromatic N) is 2. The number of methoxy groups -OCH3 is 2. The van der Waals surface area contributed by atoms with Crippen molar-refractivity contribution in [1.82, 2.24) is 9.88 Å². The molecule has 0 radical (unpaired) electrons. The molecule has 0 fully saturated rings. The van der Waals surface area contributed by atoms with Crippen LogP contribution in [0.2, 0.25) is 0 Å². The molecule has 0 spiro atoms. The Balaban J connectivity index is 2.03. The fourth-order valence-corrected chi connectivity index (χ4v) is 2.61. The molecule has 0 bridgehead atoms. The molecule has 0 saturated carbocycles. The molecular formula is C15H18N2O5S. The summed E-state index contributed by atoms with van der Waals surface area (Å²) in [5.41, 5.74) is 0.0832. The fourth-order valence-electron chi connectivity index (χ4n) is 1.91. The molecular weight excluding hydrogens is 320 g/mol. The first kappa shape index (κ1) is 17.2. The first-order valence-electron chi connectivity index (χ1n) is 6.96. The molecule has 8 heteroatoms. The number of thiophene rings is 1. The van der Waals surface area contributed by atoms with Gasteiger partial charge in [-0.3, -0.25) is 4.79 Å². The van der Waals surface area contributed by atoms with Gasteiger partial charge in [0.1, 0.15) is 6.26 Å². The Morgan fingerprint density at radius 2 is 2.22 bits per heavy atom. The molecule has 0 N–H and O–H groups in total. The molecule has 2 aromatic heterocycles. The first-order valence-corrected chi connectivity index (χ1v) is 7.83. The predicted molar refractivity (Wildman–Crippen MR) is 83.2 cm³/mol. The van der Waals surface area contributed by atoms with E-state index >= 15 is 0 Å². The van der Waals surface area contributed by atoms with Crippen molar-refractivity contribution >= 4 is 23.2 Å². The Hall–Kier alpha value is -2.19. The second kappa shape index (κ2) is 8.44. The van der Waals surface area contributed by atoms with Gasteiger partial charge in [0.15, 0.2) is 5.69 Å². The van der Waals surface area contributed by atoms with Gasteiger partial charge >= 0.3 is 5.97 Å². The van der Waals surface area contributed by atoms with Gasteiger partial charge in [0, 0.05) is 18.5 Å². The van der Waals surface area contributed by atoms with Crippen LogP contribution in [-0.4, -0.2) is 49.1 Å². The number of oxazole rings is 1. The number of rotatable bonds is 8. The maximum atomic E-state index is 12.4. The topological polar surface area (TPSA) is 81.9 Å². The van der Waals surface area contributed by atoms with Crippen LogP contribution in [0.25, 0.3) is 0 Å². The molecule has 0 aliphatic heterocycles. The van der Waals surface area contributed by atoms with Crippen LogP contribution in [0.4, 0.5) is 0 Å². The van der Waals surface area contributed by atoms with Crippen molar-refractivity contribution in [3.05, 3.63) is 40.2 Å². The van der Waals surface area contributed by atoms with Crippen molar-refractivity contribution in [3.8, 4) is 0 Å². The van der Waals surface area contributed by atoms with E-state index in [2.05, 4.69) is 9.72 Å². The minimum Gasteiger partial charge on any atom is -0.464 e. The Kier molecular flexibility index (Phi) is 6.30. The zero-order valence-electron chi connectivity index (χ0n) is 13.0. The molecule has 7 nitrogen and oxygen atoms in total. The van der Waals surface area contributed by atoms with Crippen LogP contribution >= 0.6 is 11.3 Å². The average Bonchev–Trinajstić information content (AvgIpc) is 3.22. The van der Waals surface area contributed by atoms with Crippen LogP contribution < -0.4 is 0 Å². The van der Waals surface area contributed by atoms with E-state index in [1.165, 1.54) is 24.7 Å². The fraction of sp³-hybridized carbons (Fsp3) is 0.400. The second-order valence-corrected chi connectivity index (χ2v) is 5.71. The molecule has 0 unspecified atom stereocenters. The zero-order valence-corrected chi connectivity index (χ0v) is 13.8. The summed E-state index contributed by atoms with van der Waals surface area (Å²) in [6, 6.07) is 3.82. The lowest BCUT2D eigenvalue weighted by molar-refractivity contribution is -0.132. The molecule has 0 aromatic carbocycles. The van der Waals surface area contributed by atoms with E-state index in [9.17, 15) is 9.59 Å². The van der Waals surface area contributed by atoms with Crippen molar-refractivity contribution in [2.24, 2.45) is 0 Å². The van der Waals surface area contributed by atoms with Crippen LogP contribution in [0.15, 0.2) is 28.2 Å². The number of hydrogen-bond donors (Lipinski definition) is 0. The largest absolute Gasteiger partial charge is 0.464 e. The highest BCUT2D eigenvalue weighted by atomic mass is 32.1. The summed E-state index contributed by atoms with van der Waals surface area (Å²) in [6.07, 6.45) is 1.53. The van der Waals surface area contributed by atoms with Crippen LogP contribution in [0.5, 0.6) is 0 Å². The van der Waals surface area contributed by atoms with Gasteiger partial charge in [0.05, 0.1) is 26.7 Å². The number of amides is 1. The van der Waals surface area contributed by atoms with E-state index in [0.717, 1.165) is 4.88 Å². The van der Waals surface area contributed by atoms with Gasteiger partial charge in [-0.2, -0.15) is 0 Å². The zero-order chi connectivity index (χ0) is 16.7. The molecule has 2 rings (SSSR count). The number of aromatic nitrogens is 1. The summed E-state index contributed by atoms with van der Waals surface area (Å²) < 4.78 is 14.9. The van der Waals surface area contributed by atoms with Gasteiger partial charge in [-0.15, -0.1) is 11.3 Å². The Labute approximate surface area is 137 Å². The summed E-state index contributed by atoms with van der Waals surface area (Å²) in [6.45, 7) is 0.988. The lowest BCUT2D eigenvalue weighted by atomic mass is 10.3. The molecule has 23 heavy (non-hydrogen) atoms. The van der Waals surface area contributed by atoms with Gasteiger partial charge in [-0.05, 0) is 11.4 Å². The summed E-state index contributed by atoms with van der Waals surface area (Å²) in [4.78, 5) is 30.4. The van der Waals surface area contributed by atoms with Crippen LogP contribution in [-0.2, 0) is 27.2 Å². The smallest absolute Gasteiger partial charge is 0.360 e. The number of carbonyl (C=O) groups is 2. The SMILES string of the molecule is COCCN(Cc1nc(C(=O)OC)co1)C(=O)Cc1cccs1. The highest BCUT2D eigenvalue weighted by Crippen LogP contribution is 2.13. The van der Waals surface area contributed by atoms with Gasteiger partial charge in [0.25, 0.3) is 0 Å². The van der Waals surface area contributed by atoms with Crippen molar-refractivity contribution in [2.75, 3.05) is 27.4 Å². The second-order valence-electron chi connectivity index (χ2n) is 4.68. The van der Waals surface area contributed by atoms with Crippen molar-refractivity contribution < 1.29 is 23.5 Å².